The minimum Gasteiger partial charge on any atom is -0.211 e. The summed E-state index contributed by atoms with van der Waals surface area (Å²) in [5, 5.41) is 0. The Morgan fingerprint density at radius 1 is 1.83 bits per heavy atom. The van der Waals surface area contributed by atoms with Gasteiger partial charge in [0.15, 0.2) is 0 Å². The molecule has 0 aromatic rings. The molecule has 0 N–H and O–H groups in total. The van der Waals surface area contributed by atoms with Crippen molar-refractivity contribution in [2.45, 2.75) is 13.0 Å². The highest BCUT2D eigenvalue weighted by Gasteiger charge is 1.97. The van der Waals surface area contributed by atoms with Crippen molar-refractivity contribution < 1.29 is 0 Å². The summed E-state index contributed by atoms with van der Waals surface area (Å²) in [6.45, 7) is 2.97. The highest BCUT2D eigenvalue weighted by Crippen LogP contribution is 1.93. The van der Waals surface area contributed by atoms with Gasteiger partial charge >= 0.3 is 0 Å². The van der Waals surface area contributed by atoms with E-state index in [2.05, 4.69) is 15.6 Å². The zero-order chi connectivity index (χ0) is 4.41. The van der Waals surface area contributed by atoms with Crippen LogP contribution in [-0.4, -0.2) is 12.6 Å². The fourth-order valence-corrected chi connectivity index (χ4v) is 0.865. The highest BCUT2D eigenvalue weighted by molar-refractivity contribution is 7.57. The Kier molecular flexibility index (Phi) is 1.01. The first-order valence-electron chi connectivity index (χ1n) is 1.93. The van der Waals surface area contributed by atoms with Crippen LogP contribution in [0, 0.1) is 0 Å². The number of rotatable bonds is 0. The third kappa shape index (κ3) is 0.653. The van der Waals surface area contributed by atoms with E-state index in [1.165, 1.54) is 11.4 Å². The number of nitrogens with zero attached hydrogens (tertiary/aromatic N) is 2. The Hall–Kier alpha value is -0.180. The van der Waals surface area contributed by atoms with Crippen molar-refractivity contribution >= 4 is 11.4 Å². The van der Waals surface area contributed by atoms with Crippen LogP contribution >= 0.6 is 0 Å². The normalized spacial score (nSPS) is 30.5. The molecule has 1 aliphatic heterocycles. The molecular weight excluding hydrogens is 96.1 g/mol. The molecule has 0 aromatic carbocycles. The second-order valence-electron chi connectivity index (χ2n) is 1.35. The number of hydrogen-bond acceptors (Lipinski definition) is 2. The summed E-state index contributed by atoms with van der Waals surface area (Å²) in [5.41, 5.74) is 0. The monoisotopic (exact) mass is 102 g/mol. The summed E-state index contributed by atoms with van der Waals surface area (Å²) >= 11 is 1.33. The van der Waals surface area contributed by atoms with Crippen LogP contribution in [0.25, 0.3) is 0 Å². The fraction of sp³-hybridized carbons (Fsp3) is 1.00. The lowest BCUT2D eigenvalue weighted by molar-refractivity contribution is 0.793. The maximum absolute atomic E-state index is 3.99. The fourth-order valence-electron chi connectivity index (χ4n) is 0.288. The van der Waals surface area contributed by atoms with E-state index in [0.29, 0.717) is 6.04 Å². The summed E-state index contributed by atoms with van der Waals surface area (Å²) in [7, 11) is 0. The standard InChI is InChI=1S/C3H6N2S/c1-3-2-4-6-5-3/h3H,2H2,1H3. The van der Waals surface area contributed by atoms with Gasteiger partial charge in [-0.25, -0.2) is 8.73 Å². The molecule has 0 spiro atoms. The van der Waals surface area contributed by atoms with Gasteiger partial charge in [-0.3, -0.25) is 0 Å². The van der Waals surface area contributed by atoms with Gasteiger partial charge in [0.05, 0.1) is 23.9 Å². The zero-order valence-corrected chi connectivity index (χ0v) is 4.40. The second kappa shape index (κ2) is 1.51. The van der Waals surface area contributed by atoms with Gasteiger partial charge in [-0.1, -0.05) is 0 Å². The average Bonchev–Trinajstić information content (AvgIpc) is 1.86. The molecule has 0 bridgehead atoms. The summed E-state index contributed by atoms with van der Waals surface area (Å²) < 4.78 is 7.90. The molecule has 6 heavy (non-hydrogen) atoms. The molecular formula is C3H6N2S. The number of hydrogen-bond donors (Lipinski definition) is 0. The van der Waals surface area contributed by atoms with Crippen molar-refractivity contribution in [3.05, 3.63) is 0 Å². The van der Waals surface area contributed by atoms with E-state index >= 15 is 0 Å². The van der Waals surface area contributed by atoms with E-state index in [9.17, 15) is 0 Å². The van der Waals surface area contributed by atoms with Crippen molar-refractivity contribution in [2.75, 3.05) is 6.54 Å². The highest BCUT2D eigenvalue weighted by atomic mass is 32.1. The molecule has 1 aliphatic rings. The lowest BCUT2D eigenvalue weighted by atomic mass is 10.4. The van der Waals surface area contributed by atoms with Gasteiger partial charge in [0.25, 0.3) is 0 Å². The van der Waals surface area contributed by atoms with Crippen molar-refractivity contribution in [1.29, 1.82) is 0 Å². The molecule has 0 saturated heterocycles. The molecule has 0 amide bonds. The first-order valence-corrected chi connectivity index (χ1v) is 2.66. The van der Waals surface area contributed by atoms with Gasteiger partial charge in [-0.2, -0.15) is 0 Å². The lowest BCUT2D eigenvalue weighted by Gasteiger charge is -1.85. The minimum absolute atomic E-state index is 0.468. The predicted octanol–water partition coefficient (Wildman–Crippen LogP) is 0.838. The van der Waals surface area contributed by atoms with E-state index in [1.807, 2.05) is 0 Å². The molecule has 0 radical (unpaired) electrons. The predicted molar refractivity (Wildman–Crippen MR) is 26.5 cm³/mol. The van der Waals surface area contributed by atoms with Crippen LogP contribution in [0.15, 0.2) is 8.73 Å². The smallest absolute Gasteiger partial charge is 0.0814 e. The van der Waals surface area contributed by atoms with Crippen LogP contribution in [0.1, 0.15) is 6.92 Å². The molecule has 0 aromatic heterocycles. The molecule has 1 unspecified atom stereocenters. The average molecular weight is 102 g/mol. The third-order valence-electron chi connectivity index (χ3n) is 0.624. The summed E-state index contributed by atoms with van der Waals surface area (Å²) in [6, 6.07) is 0.468. The first kappa shape index (κ1) is 3.99. The Bertz CT molecular complexity index is 103. The van der Waals surface area contributed by atoms with Gasteiger partial charge in [0.2, 0.25) is 0 Å². The van der Waals surface area contributed by atoms with Gasteiger partial charge in [0, 0.05) is 0 Å². The van der Waals surface area contributed by atoms with Crippen molar-refractivity contribution in [1.82, 2.24) is 0 Å². The van der Waals surface area contributed by atoms with Gasteiger partial charge in [-0.15, -0.1) is 0 Å². The molecule has 1 rings (SSSR count). The lowest BCUT2D eigenvalue weighted by Crippen LogP contribution is -1.94. The maximum Gasteiger partial charge on any atom is 0.0814 e. The van der Waals surface area contributed by atoms with E-state index in [-0.39, 0.29) is 0 Å². The molecule has 3 heteroatoms. The van der Waals surface area contributed by atoms with Gasteiger partial charge in [0.1, 0.15) is 0 Å². The molecule has 0 saturated carbocycles. The second-order valence-corrected chi connectivity index (χ2v) is 1.98. The molecule has 2 nitrogen and oxygen atoms in total. The Labute approximate surface area is 40.5 Å². The van der Waals surface area contributed by atoms with E-state index in [0.717, 1.165) is 6.54 Å². The quantitative estimate of drug-likeness (QED) is 0.433. The molecule has 0 aliphatic carbocycles. The SMILES string of the molecule is CC1CN=S=N1. The summed E-state index contributed by atoms with van der Waals surface area (Å²) in [4.78, 5) is 0. The third-order valence-corrected chi connectivity index (χ3v) is 1.34. The summed E-state index contributed by atoms with van der Waals surface area (Å²) in [6.07, 6.45) is 0. The molecule has 1 atom stereocenters. The molecule has 0 fully saturated rings. The van der Waals surface area contributed by atoms with Crippen molar-refractivity contribution in [3.63, 3.8) is 0 Å². The molecule has 1 heterocycles. The zero-order valence-electron chi connectivity index (χ0n) is 3.59. The van der Waals surface area contributed by atoms with Gasteiger partial charge < -0.3 is 0 Å². The Morgan fingerprint density at radius 2 is 2.67 bits per heavy atom. The topological polar surface area (TPSA) is 24.7 Å². The van der Waals surface area contributed by atoms with E-state index < -0.39 is 0 Å². The maximum atomic E-state index is 3.99. The first-order chi connectivity index (χ1) is 2.89. The van der Waals surface area contributed by atoms with E-state index in [4.69, 9.17) is 0 Å². The van der Waals surface area contributed by atoms with Crippen LogP contribution in [0.4, 0.5) is 0 Å². The largest absolute Gasteiger partial charge is 0.211 e. The minimum atomic E-state index is 0.468. The van der Waals surface area contributed by atoms with Gasteiger partial charge in [-0.05, 0) is 6.92 Å². The van der Waals surface area contributed by atoms with Crippen molar-refractivity contribution in [3.8, 4) is 0 Å². The van der Waals surface area contributed by atoms with Crippen LogP contribution in [0.3, 0.4) is 0 Å². The van der Waals surface area contributed by atoms with Crippen LogP contribution < -0.4 is 0 Å². The van der Waals surface area contributed by atoms with E-state index in [1.54, 1.807) is 0 Å². The van der Waals surface area contributed by atoms with Crippen LogP contribution in [0.5, 0.6) is 0 Å². The van der Waals surface area contributed by atoms with Crippen LogP contribution in [-0.2, 0) is 11.4 Å². The van der Waals surface area contributed by atoms with Crippen LogP contribution in [0.2, 0.25) is 0 Å². The van der Waals surface area contributed by atoms with Crippen molar-refractivity contribution in [2.24, 2.45) is 8.73 Å². The Morgan fingerprint density at radius 3 is 2.83 bits per heavy atom. The summed E-state index contributed by atoms with van der Waals surface area (Å²) in [5.74, 6) is 0. The molecule has 34 valence electrons. The Balaban J connectivity index is 2.55.